The summed E-state index contributed by atoms with van der Waals surface area (Å²) in [5.74, 6) is 0.893. The van der Waals surface area contributed by atoms with Gasteiger partial charge in [0.1, 0.15) is 12.4 Å². The first-order valence-corrected chi connectivity index (χ1v) is 3.60. The summed E-state index contributed by atoms with van der Waals surface area (Å²) in [6.45, 7) is 1.25. The van der Waals surface area contributed by atoms with Crippen LogP contribution < -0.4 is 4.74 Å². The topological polar surface area (TPSA) is 18.5 Å². The van der Waals surface area contributed by atoms with Crippen LogP contribution in [-0.2, 0) is 4.74 Å². The molecule has 0 amide bonds. The van der Waals surface area contributed by atoms with E-state index in [4.69, 9.17) is 9.47 Å². The van der Waals surface area contributed by atoms with Crippen LogP contribution in [0, 0.1) is 0 Å². The Labute approximate surface area is 66.8 Å². The van der Waals surface area contributed by atoms with Gasteiger partial charge in [0.05, 0.1) is 6.61 Å². The molecule has 11 heavy (non-hydrogen) atoms. The molecule has 0 saturated carbocycles. The predicted molar refractivity (Wildman–Crippen MR) is 43.8 cm³/mol. The number of para-hydroxylation sites is 1. The molecule has 0 N–H and O–H groups in total. The molecule has 0 heterocycles. The van der Waals surface area contributed by atoms with Crippen LogP contribution in [0.3, 0.4) is 0 Å². The second kappa shape index (κ2) is 4.74. The summed E-state index contributed by atoms with van der Waals surface area (Å²) >= 11 is 0. The molecule has 0 unspecified atom stereocenters. The Morgan fingerprint density at radius 2 is 1.82 bits per heavy atom. The van der Waals surface area contributed by atoms with Gasteiger partial charge in [-0.1, -0.05) is 18.2 Å². The number of benzene rings is 1. The first-order valence-electron chi connectivity index (χ1n) is 3.60. The van der Waals surface area contributed by atoms with Gasteiger partial charge in [-0.2, -0.15) is 0 Å². The summed E-state index contributed by atoms with van der Waals surface area (Å²) in [5.41, 5.74) is 0. The largest absolute Gasteiger partial charge is 0.491 e. The molecule has 1 rings (SSSR count). The number of methoxy groups -OCH3 is 1. The summed E-state index contributed by atoms with van der Waals surface area (Å²) in [6, 6.07) is 9.71. The summed E-state index contributed by atoms with van der Waals surface area (Å²) in [4.78, 5) is 0. The highest BCUT2D eigenvalue weighted by Gasteiger charge is 1.88. The number of ether oxygens (including phenoxy) is 2. The lowest BCUT2D eigenvalue weighted by Crippen LogP contribution is -2.03. The van der Waals surface area contributed by atoms with Crippen LogP contribution >= 0.6 is 0 Å². The van der Waals surface area contributed by atoms with Crippen LogP contribution in [0.5, 0.6) is 5.75 Å². The lowest BCUT2D eigenvalue weighted by atomic mass is 10.3. The second-order valence-electron chi connectivity index (χ2n) is 2.15. The second-order valence-corrected chi connectivity index (χ2v) is 2.15. The minimum atomic E-state index is 0.612. The smallest absolute Gasteiger partial charge is 0.119 e. The van der Waals surface area contributed by atoms with E-state index < -0.39 is 0 Å². The molecule has 0 spiro atoms. The van der Waals surface area contributed by atoms with Crippen molar-refractivity contribution in [1.29, 1.82) is 0 Å². The molecular formula is C9H12O2. The maximum absolute atomic E-state index is 5.32. The Hall–Kier alpha value is -1.02. The molecule has 0 aromatic heterocycles. The highest BCUT2D eigenvalue weighted by Crippen LogP contribution is 2.07. The van der Waals surface area contributed by atoms with E-state index in [1.165, 1.54) is 0 Å². The van der Waals surface area contributed by atoms with E-state index in [-0.39, 0.29) is 0 Å². The number of hydrogen-bond acceptors (Lipinski definition) is 2. The van der Waals surface area contributed by atoms with Gasteiger partial charge < -0.3 is 9.47 Å². The molecule has 2 heteroatoms. The van der Waals surface area contributed by atoms with Crippen molar-refractivity contribution in [3.05, 3.63) is 30.3 Å². The summed E-state index contributed by atoms with van der Waals surface area (Å²) in [7, 11) is 1.66. The minimum Gasteiger partial charge on any atom is -0.491 e. The fourth-order valence-corrected chi connectivity index (χ4v) is 0.760. The third-order valence-electron chi connectivity index (χ3n) is 1.30. The fourth-order valence-electron chi connectivity index (χ4n) is 0.760. The van der Waals surface area contributed by atoms with E-state index in [0.29, 0.717) is 13.2 Å². The van der Waals surface area contributed by atoms with Crippen molar-refractivity contribution in [3.63, 3.8) is 0 Å². The molecule has 0 radical (unpaired) electrons. The van der Waals surface area contributed by atoms with Crippen LogP contribution in [0.25, 0.3) is 0 Å². The van der Waals surface area contributed by atoms with Gasteiger partial charge in [0.2, 0.25) is 0 Å². The maximum Gasteiger partial charge on any atom is 0.119 e. The lowest BCUT2D eigenvalue weighted by molar-refractivity contribution is 0.146. The van der Waals surface area contributed by atoms with Gasteiger partial charge in [0.15, 0.2) is 0 Å². The fraction of sp³-hybridized carbons (Fsp3) is 0.333. The van der Waals surface area contributed by atoms with Gasteiger partial charge in [-0.3, -0.25) is 0 Å². The van der Waals surface area contributed by atoms with Crippen molar-refractivity contribution in [3.8, 4) is 5.75 Å². The minimum absolute atomic E-state index is 0.612. The van der Waals surface area contributed by atoms with Crippen molar-refractivity contribution in [1.82, 2.24) is 0 Å². The first kappa shape index (κ1) is 8.08. The molecule has 2 nitrogen and oxygen atoms in total. The van der Waals surface area contributed by atoms with E-state index in [0.717, 1.165) is 5.75 Å². The molecule has 0 aliphatic rings. The molecule has 0 fully saturated rings. The first-order chi connectivity index (χ1) is 5.43. The summed E-state index contributed by atoms with van der Waals surface area (Å²) in [6.07, 6.45) is 0. The van der Waals surface area contributed by atoms with Gasteiger partial charge in [-0.05, 0) is 12.1 Å². The number of rotatable bonds is 4. The average Bonchev–Trinajstić information content (AvgIpc) is 2.07. The van der Waals surface area contributed by atoms with E-state index in [9.17, 15) is 0 Å². The summed E-state index contributed by atoms with van der Waals surface area (Å²) < 4.78 is 10.2. The molecule has 0 aliphatic heterocycles. The quantitative estimate of drug-likeness (QED) is 0.611. The Morgan fingerprint density at radius 1 is 1.09 bits per heavy atom. The molecule has 60 valence electrons. The molecule has 1 aromatic carbocycles. The zero-order valence-corrected chi connectivity index (χ0v) is 6.62. The van der Waals surface area contributed by atoms with Crippen LogP contribution in [0.4, 0.5) is 0 Å². The molecule has 1 aromatic rings. The maximum atomic E-state index is 5.32. The highest BCUT2D eigenvalue weighted by molar-refractivity contribution is 5.20. The third-order valence-corrected chi connectivity index (χ3v) is 1.30. The van der Waals surface area contributed by atoms with Crippen LogP contribution in [0.15, 0.2) is 30.3 Å². The SMILES string of the molecule is COCCOc1ccccc1. The van der Waals surface area contributed by atoms with Crippen molar-refractivity contribution in [2.75, 3.05) is 20.3 Å². The van der Waals surface area contributed by atoms with Crippen LogP contribution in [-0.4, -0.2) is 20.3 Å². The van der Waals surface area contributed by atoms with Crippen LogP contribution in [0.2, 0.25) is 0 Å². The van der Waals surface area contributed by atoms with E-state index in [1.54, 1.807) is 7.11 Å². The van der Waals surface area contributed by atoms with Gasteiger partial charge in [0.25, 0.3) is 0 Å². The van der Waals surface area contributed by atoms with E-state index in [1.807, 2.05) is 30.3 Å². The van der Waals surface area contributed by atoms with E-state index in [2.05, 4.69) is 0 Å². The molecule has 0 bridgehead atoms. The van der Waals surface area contributed by atoms with Gasteiger partial charge >= 0.3 is 0 Å². The van der Waals surface area contributed by atoms with Crippen molar-refractivity contribution < 1.29 is 9.47 Å². The summed E-state index contributed by atoms with van der Waals surface area (Å²) in [5, 5.41) is 0. The molecular weight excluding hydrogens is 140 g/mol. The van der Waals surface area contributed by atoms with E-state index >= 15 is 0 Å². The van der Waals surface area contributed by atoms with Gasteiger partial charge in [-0.25, -0.2) is 0 Å². The standard InChI is InChI=1S/C9H12O2/c1-10-7-8-11-9-5-3-2-4-6-9/h2-6H,7-8H2,1H3. The zero-order chi connectivity index (χ0) is 7.94. The molecule has 0 atom stereocenters. The Bertz CT molecular complexity index is 184. The zero-order valence-electron chi connectivity index (χ0n) is 6.62. The van der Waals surface area contributed by atoms with Crippen molar-refractivity contribution in [2.24, 2.45) is 0 Å². The Morgan fingerprint density at radius 3 is 2.45 bits per heavy atom. The Balaban J connectivity index is 2.28. The predicted octanol–water partition coefficient (Wildman–Crippen LogP) is 1.71. The van der Waals surface area contributed by atoms with Gasteiger partial charge in [-0.15, -0.1) is 0 Å². The monoisotopic (exact) mass is 152 g/mol. The Kier molecular flexibility index (Phi) is 3.48. The van der Waals surface area contributed by atoms with Gasteiger partial charge in [0, 0.05) is 7.11 Å². The average molecular weight is 152 g/mol. The van der Waals surface area contributed by atoms with Crippen molar-refractivity contribution in [2.45, 2.75) is 0 Å². The highest BCUT2D eigenvalue weighted by atomic mass is 16.5. The lowest BCUT2D eigenvalue weighted by Gasteiger charge is -2.03. The molecule has 0 aliphatic carbocycles. The van der Waals surface area contributed by atoms with Crippen molar-refractivity contribution >= 4 is 0 Å². The third kappa shape index (κ3) is 3.05. The molecule has 0 saturated heterocycles. The normalized spacial score (nSPS) is 9.55. The number of hydrogen-bond donors (Lipinski definition) is 0. The van der Waals surface area contributed by atoms with Crippen LogP contribution in [0.1, 0.15) is 0 Å².